The number of thiophene rings is 1. The SMILES string of the molecule is Cc1cccc(C)c1N(C(=O)Cc1cccs1)[C@H](C(=O)NC1CCCC1)c1ccccc1F. The predicted octanol–water partition coefficient (Wildman–Crippen LogP) is 5.88. The number of halogens is 1. The summed E-state index contributed by atoms with van der Waals surface area (Å²) in [5.74, 6) is -1.07. The Morgan fingerprint density at radius 1 is 1.03 bits per heavy atom. The summed E-state index contributed by atoms with van der Waals surface area (Å²) in [5, 5.41) is 5.03. The van der Waals surface area contributed by atoms with Crippen molar-refractivity contribution in [2.24, 2.45) is 0 Å². The van der Waals surface area contributed by atoms with Gasteiger partial charge in [-0.25, -0.2) is 4.39 Å². The van der Waals surface area contributed by atoms with E-state index in [1.54, 1.807) is 18.2 Å². The summed E-state index contributed by atoms with van der Waals surface area (Å²) in [4.78, 5) is 30.0. The Morgan fingerprint density at radius 2 is 1.73 bits per heavy atom. The summed E-state index contributed by atoms with van der Waals surface area (Å²) in [6.07, 6.45) is 4.08. The normalized spacial score (nSPS) is 14.8. The average Bonchev–Trinajstić information content (AvgIpc) is 3.48. The van der Waals surface area contributed by atoms with Gasteiger partial charge in [0.05, 0.1) is 12.1 Å². The molecule has 1 heterocycles. The second-order valence-corrected chi connectivity index (χ2v) is 9.71. The summed E-state index contributed by atoms with van der Waals surface area (Å²) in [7, 11) is 0. The Labute approximate surface area is 198 Å². The zero-order valence-electron chi connectivity index (χ0n) is 19.0. The van der Waals surface area contributed by atoms with Gasteiger partial charge >= 0.3 is 0 Å². The molecule has 0 saturated heterocycles. The Balaban J connectivity index is 1.83. The van der Waals surface area contributed by atoms with Crippen molar-refractivity contribution in [1.29, 1.82) is 0 Å². The Morgan fingerprint density at radius 3 is 2.36 bits per heavy atom. The minimum Gasteiger partial charge on any atom is -0.351 e. The lowest BCUT2D eigenvalue weighted by Gasteiger charge is -2.34. The number of para-hydroxylation sites is 1. The third kappa shape index (κ3) is 5.17. The van der Waals surface area contributed by atoms with Crippen LogP contribution in [0, 0.1) is 19.7 Å². The molecular weight excluding hydrogens is 435 g/mol. The van der Waals surface area contributed by atoms with Crippen LogP contribution in [0.15, 0.2) is 60.0 Å². The quantitative estimate of drug-likeness (QED) is 0.475. The molecule has 0 bridgehead atoms. The lowest BCUT2D eigenvalue weighted by atomic mass is 9.98. The Bertz CT molecular complexity index is 1100. The molecule has 6 heteroatoms. The van der Waals surface area contributed by atoms with E-state index in [2.05, 4.69) is 5.32 Å². The lowest BCUT2D eigenvalue weighted by molar-refractivity contribution is -0.127. The molecule has 33 heavy (non-hydrogen) atoms. The van der Waals surface area contributed by atoms with Crippen molar-refractivity contribution in [3.05, 3.63) is 87.4 Å². The first-order valence-corrected chi connectivity index (χ1v) is 12.3. The van der Waals surface area contributed by atoms with E-state index in [1.165, 1.54) is 22.3 Å². The van der Waals surface area contributed by atoms with Crippen LogP contribution in [-0.4, -0.2) is 17.9 Å². The molecule has 4 rings (SSSR count). The van der Waals surface area contributed by atoms with Crippen LogP contribution < -0.4 is 10.2 Å². The molecule has 1 aliphatic rings. The number of nitrogens with one attached hydrogen (secondary N) is 1. The monoisotopic (exact) mass is 464 g/mol. The van der Waals surface area contributed by atoms with Crippen LogP contribution in [0.5, 0.6) is 0 Å². The molecule has 3 aromatic rings. The number of hydrogen-bond donors (Lipinski definition) is 1. The van der Waals surface area contributed by atoms with E-state index in [4.69, 9.17) is 0 Å². The third-order valence-electron chi connectivity index (χ3n) is 6.26. The maximum atomic E-state index is 15.1. The highest BCUT2D eigenvalue weighted by Gasteiger charge is 2.37. The van der Waals surface area contributed by atoms with Crippen LogP contribution in [0.1, 0.15) is 53.3 Å². The van der Waals surface area contributed by atoms with Crippen LogP contribution >= 0.6 is 11.3 Å². The van der Waals surface area contributed by atoms with Crippen LogP contribution in [0.3, 0.4) is 0 Å². The molecule has 1 aliphatic carbocycles. The van der Waals surface area contributed by atoms with Crippen LogP contribution in [-0.2, 0) is 16.0 Å². The van der Waals surface area contributed by atoms with Crippen LogP contribution in [0.4, 0.5) is 10.1 Å². The second-order valence-electron chi connectivity index (χ2n) is 8.67. The minimum absolute atomic E-state index is 0.0546. The van der Waals surface area contributed by atoms with Gasteiger partial charge in [0.1, 0.15) is 11.9 Å². The van der Waals surface area contributed by atoms with E-state index in [0.29, 0.717) is 5.69 Å². The smallest absolute Gasteiger partial charge is 0.248 e. The molecule has 1 N–H and O–H groups in total. The minimum atomic E-state index is -1.10. The number of carbonyl (C=O) groups excluding carboxylic acids is 2. The summed E-state index contributed by atoms with van der Waals surface area (Å²) >= 11 is 1.50. The van der Waals surface area contributed by atoms with E-state index in [0.717, 1.165) is 41.7 Å². The summed E-state index contributed by atoms with van der Waals surface area (Å²) in [5.41, 5.74) is 2.60. The molecule has 1 atom stereocenters. The molecular formula is C27H29FN2O2S. The number of benzene rings is 2. The zero-order chi connectivity index (χ0) is 23.4. The molecule has 2 aromatic carbocycles. The van der Waals surface area contributed by atoms with Crippen molar-refractivity contribution >= 4 is 28.8 Å². The topological polar surface area (TPSA) is 49.4 Å². The molecule has 0 radical (unpaired) electrons. The molecule has 1 fully saturated rings. The lowest BCUT2D eigenvalue weighted by Crippen LogP contribution is -2.47. The maximum absolute atomic E-state index is 15.1. The number of nitrogens with zero attached hydrogens (tertiary/aromatic N) is 1. The Kier molecular flexibility index (Phi) is 7.23. The van der Waals surface area contributed by atoms with Gasteiger partial charge in [0.15, 0.2) is 0 Å². The predicted molar refractivity (Wildman–Crippen MR) is 131 cm³/mol. The van der Waals surface area contributed by atoms with E-state index in [9.17, 15) is 9.59 Å². The van der Waals surface area contributed by atoms with E-state index >= 15 is 4.39 Å². The van der Waals surface area contributed by atoms with Crippen molar-refractivity contribution in [3.8, 4) is 0 Å². The fraction of sp³-hybridized carbons (Fsp3) is 0.333. The fourth-order valence-corrected chi connectivity index (χ4v) is 5.37. The van der Waals surface area contributed by atoms with Crippen molar-refractivity contribution in [2.75, 3.05) is 4.90 Å². The summed E-state index contributed by atoms with van der Waals surface area (Å²) < 4.78 is 15.1. The van der Waals surface area contributed by atoms with Crippen molar-refractivity contribution < 1.29 is 14.0 Å². The first-order valence-electron chi connectivity index (χ1n) is 11.4. The van der Waals surface area contributed by atoms with Gasteiger partial charge < -0.3 is 5.32 Å². The molecule has 0 aliphatic heterocycles. The number of carbonyl (C=O) groups is 2. The Hall–Kier alpha value is -2.99. The molecule has 0 unspecified atom stereocenters. The zero-order valence-corrected chi connectivity index (χ0v) is 19.8. The van der Waals surface area contributed by atoms with Gasteiger partial charge in [-0.1, -0.05) is 55.3 Å². The maximum Gasteiger partial charge on any atom is 0.248 e. The average molecular weight is 465 g/mol. The first kappa shape index (κ1) is 23.2. The first-order chi connectivity index (χ1) is 16.0. The van der Waals surface area contributed by atoms with E-state index in [-0.39, 0.29) is 29.8 Å². The number of anilines is 1. The number of aryl methyl sites for hydroxylation is 2. The van der Waals surface area contributed by atoms with Crippen LogP contribution in [0.25, 0.3) is 0 Å². The number of hydrogen-bond acceptors (Lipinski definition) is 3. The van der Waals surface area contributed by atoms with Gasteiger partial charge in [0, 0.05) is 16.5 Å². The largest absolute Gasteiger partial charge is 0.351 e. The second kappa shape index (κ2) is 10.3. The fourth-order valence-electron chi connectivity index (χ4n) is 4.68. The van der Waals surface area contributed by atoms with Crippen molar-refractivity contribution in [2.45, 2.75) is 58.0 Å². The van der Waals surface area contributed by atoms with Gasteiger partial charge in [-0.05, 0) is 55.3 Å². The van der Waals surface area contributed by atoms with Crippen LogP contribution in [0.2, 0.25) is 0 Å². The third-order valence-corrected chi connectivity index (χ3v) is 7.14. The van der Waals surface area contributed by atoms with Gasteiger partial charge in [0.2, 0.25) is 11.8 Å². The van der Waals surface area contributed by atoms with Gasteiger partial charge in [-0.15, -0.1) is 11.3 Å². The number of amides is 2. The van der Waals surface area contributed by atoms with E-state index in [1.807, 2.05) is 49.6 Å². The van der Waals surface area contributed by atoms with Gasteiger partial charge in [-0.3, -0.25) is 14.5 Å². The molecule has 1 aromatic heterocycles. The summed E-state index contributed by atoms with van der Waals surface area (Å²) in [6, 6.07) is 14.8. The molecule has 172 valence electrons. The van der Waals surface area contributed by atoms with E-state index < -0.39 is 11.9 Å². The number of rotatable bonds is 7. The standard InChI is InChI=1S/C27H29FN2O2S/c1-18-9-7-10-19(2)25(18)30(24(31)17-21-13-8-16-33-21)26(22-14-5-6-15-23(22)28)27(32)29-20-11-3-4-12-20/h5-10,13-16,20,26H,3-4,11-12,17H2,1-2H3,(H,29,32)/t26-/m0/s1. The molecule has 1 saturated carbocycles. The van der Waals surface area contributed by atoms with Crippen molar-refractivity contribution in [1.82, 2.24) is 5.32 Å². The highest BCUT2D eigenvalue weighted by molar-refractivity contribution is 7.10. The highest BCUT2D eigenvalue weighted by atomic mass is 32.1. The van der Waals surface area contributed by atoms with Gasteiger partial charge in [0.25, 0.3) is 0 Å². The van der Waals surface area contributed by atoms with Gasteiger partial charge in [-0.2, -0.15) is 0 Å². The molecule has 0 spiro atoms. The molecule has 4 nitrogen and oxygen atoms in total. The highest BCUT2D eigenvalue weighted by Crippen LogP contribution is 2.35. The summed E-state index contributed by atoms with van der Waals surface area (Å²) in [6.45, 7) is 3.84. The van der Waals surface area contributed by atoms with Crippen molar-refractivity contribution in [3.63, 3.8) is 0 Å². The molecule has 2 amide bonds.